The van der Waals surface area contributed by atoms with E-state index < -0.39 is 17.9 Å². The molecule has 6 nitrogen and oxygen atoms in total. The Kier molecular flexibility index (Phi) is 7.64. The largest absolute Gasteiger partial charge is 0.480 e. The van der Waals surface area contributed by atoms with Crippen molar-refractivity contribution in [2.24, 2.45) is 0 Å². The number of hydrogen-bond acceptors (Lipinski definition) is 3. The number of carboxylic acid groups (broad SMARTS) is 1. The Balaban J connectivity index is 1.90. The smallest absolute Gasteiger partial charge is 0.328 e. The summed E-state index contributed by atoms with van der Waals surface area (Å²) in [6.45, 7) is -0.253. The van der Waals surface area contributed by atoms with Gasteiger partial charge in [-0.2, -0.15) is 0 Å². The molecule has 0 radical (unpaired) electrons. The summed E-state index contributed by atoms with van der Waals surface area (Å²) >= 11 is 11.9. The lowest BCUT2D eigenvalue weighted by molar-refractivity contribution is -0.139. The lowest BCUT2D eigenvalue weighted by Gasteiger charge is -2.16. The number of carbonyl (C=O) groups is 3. The maximum atomic E-state index is 12.3. The Bertz CT molecular complexity index is 807. The second-order valence-electron chi connectivity index (χ2n) is 5.75. The highest BCUT2D eigenvalue weighted by atomic mass is 35.5. The maximum Gasteiger partial charge on any atom is 0.328 e. The van der Waals surface area contributed by atoms with Gasteiger partial charge >= 0.3 is 5.97 Å². The van der Waals surface area contributed by atoms with Crippen molar-refractivity contribution in [3.63, 3.8) is 0 Å². The second kappa shape index (κ2) is 9.94. The van der Waals surface area contributed by atoms with E-state index in [0.29, 0.717) is 6.42 Å². The maximum absolute atomic E-state index is 12.3. The molecule has 142 valence electrons. The Morgan fingerprint density at radius 1 is 0.963 bits per heavy atom. The Hall–Kier alpha value is -2.57. The summed E-state index contributed by atoms with van der Waals surface area (Å²) in [4.78, 5) is 35.6. The molecule has 0 fully saturated rings. The van der Waals surface area contributed by atoms with Gasteiger partial charge in [-0.1, -0.05) is 59.6 Å². The van der Waals surface area contributed by atoms with Gasteiger partial charge in [-0.05, 0) is 24.1 Å². The van der Waals surface area contributed by atoms with Crippen LogP contribution in [0, 0.1) is 0 Å². The van der Waals surface area contributed by atoms with Crippen LogP contribution in [0.2, 0.25) is 10.0 Å². The molecule has 0 heterocycles. The van der Waals surface area contributed by atoms with Gasteiger partial charge in [0.05, 0.1) is 15.6 Å². The zero-order valence-electron chi connectivity index (χ0n) is 14.2. The first-order valence-corrected chi connectivity index (χ1v) is 8.92. The summed E-state index contributed by atoms with van der Waals surface area (Å²) in [5.74, 6) is -2.32. The molecule has 0 aromatic heterocycles. The van der Waals surface area contributed by atoms with Gasteiger partial charge in [0.15, 0.2) is 0 Å². The number of rotatable bonds is 8. The number of carbonyl (C=O) groups excluding carboxylic acids is 2. The van der Waals surface area contributed by atoms with Gasteiger partial charge in [0, 0.05) is 13.0 Å². The van der Waals surface area contributed by atoms with Crippen LogP contribution in [0.25, 0.3) is 0 Å². The molecule has 0 aliphatic carbocycles. The summed E-state index contributed by atoms with van der Waals surface area (Å²) in [5, 5.41) is 14.4. The van der Waals surface area contributed by atoms with Gasteiger partial charge in [0.1, 0.15) is 6.04 Å². The average molecular weight is 409 g/mol. The van der Waals surface area contributed by atoms with Crippen molar-refractivity contribution in [2.45, 2.75) is 18.9 Å². The molecule has 2 rings (SSSR count). The lowest BCUT2D eigenvalue weighted by Crippen LogP contribution is -2.48. The number of aryl methyl sites for hydroxylation is 1. The van der Waals surface area contributed by atoms with E-state index in [4.69, 9.17) is 23.2 Å². The lowest BCUT2D eigenvalue weighted by atomic mass is 10.1. The van der Waals surface area contributed by atoms with Crippen LogP contribution in [-0.2, 0) is 16.0 Å². The molecule has 2 amide bonds. The van der Waals surface area contributed by atoms with E-state index in [1.54, 1.807) is 6.07 Å². The molecule has 0 unspecified atom stereocenters. The minimum atomic E-state index is -1.31. The predicted octanol–water partition coefficient (Wildman–Crippen LogP) is 2.93. The SMILES string of the molecule is O=C(CCc1ccccc1)NC[C@H](NC(=O)c1c(Cl)cccc1Cl)C(=O)O. The molecule has 3 N–H and O–H groups in total. The third-order valence-electron chi connectivity index (χ3n) is 3.78. The Labute approximate surface area is 166 Å². The molecule has 0 aliphatic heterocycles. The quantitative estimate of drug-likeness (QED) is 0.625. The summed E-state index contributed by atoms with van der Waals surface area (Å²) in [7, 11) is 0. The molecule has 1 atom stereocenters. The molecule has 0 spiro atoms. The van der Waals surface area contributed by atoms with Crippen molar-refractivity contribution >= 4 is 41.0 Å². The monoisotopic (exact) mass is 408 g/mol. The van der Waals surface area contributed by atoms with Crippen LogP contribution in [0.15, 0.2) is 48.5 Å². The van der Waals surface area contributed by atoms with Crippen LogP contribution in [0.1, 0.15) is 22.3 Å². The van der Waals surface area contributed by atoms with Gasteiger partial charge in [0.25, 0.3) is 5.91 Å². The zero-order chi connectivity index (χ0) is 19.8. The highest BCUT2D eigenvalue weighted by Crippen LogP contribution is 2.24. The van der Waals surface area contributed by atoms with E-state index in [9.17, 15) is 19.5 Å². The van der Waals surface area contributed by atoms with E-state index >= 15 is 0 Å². The molecular weight excluding hydrogens is 391 g/mol. The van der Waals surface area contributed by atoms with Crippen LogP contribution in [0.4, 0.5) is 0 Å². The van der Waals surface area contributed by atoms with Crippen molar-refractivity contribution in [2.75, 3.05) is 6.54 Å². The molecule has 2 aromatic rings. The van der Waals surface area contributed by atoms with E-state index in [2.05, 4.69) is 10.6 Å². The van der Waals surface area contributed by atoms with Crippen LogP contribution in [-0.4, -0.2) is 35.5 Å². The number of nitrogens with one attached hydrogen (secondary N) is 2. The molecule has 27 heavy (non-hydrogen) atoms. The second-order valence-corrected chi connectivity index (χ2v) is 6.57. The molecular formula is C19H18Cl2N2O4. The number of carboxylic acids is 1. The van der Waals surface area contributed by atoms with Crippen molar-refractivity contribution in [1.29, 1.82) is 0 Å². The first-order chi connectivity index (χ1) is 12.9. The molecule has 0 aliphatic rings. The third-order valence-corrected chi connectivity index (χ3v) is 4.41. The summed E-state index contributed by atoms with van der Waals surface area (Å²) in [5.41, 5.74) is 0.992. The number of aliphatic carboxylic acids is 1. The van der Waals surface area contributed by atoms with Crippen molar-refractivity contribution in [3.05, 3.63) is 69.7 Å². The van der Waals surface area contributed by atoms with Crippen LogP contribution in [0.5, 0.6) is 0 Å². The van der Waals surface area contributed by atoms with Gasteiger partial charge in [-0.3, -0.25) is 9.59 Å². The molecule has 0 saturated carbocycles. The summed E-state index contributed by atoms with van der Waals surface area (Å²) < 4.78 is 0. The van der Waals surface area contributed by atoms with Gasteiger partial charge in [-0.15, -0.1) is 0 Å². The van der Waals surface area contributed by atoms with Crippen molar-refractivity contribution < 1.29 is 19.5 Å². The fourth-order valence-corrected chi connectivity index (χ4v) is 2.92. The summed E-state index contributed by atoms with van der Waals surface area (Å²) in [6, 6.07) is 12.7. The minimum Gasteiger partial charge on any atom is -0.480 e. The van der Waals surface area contributed by atoms with Crippen LogP contribution < -0.4 is 10.6 Å². The van der Waals surface area contributed by atoms with E-state index in [-0.39, 0.29) is 34.5 Å². The minimum absolute atomic E-state index is 0.0116. The predicted molar refractivity (Wildman–Crippen MR) is 103 cm³/mol. The van der Waals surface area contributed by atoms with E-state index in [0.717, 1.165) is 5.56 Å². The van der Waals surface area contributed by atoms with Crippen molar-refractivity contribution in [1.82, 2.24) is 10.6 Å². The first-order valence-electron chi connectivity index (χ1n) is 8.16. The first kappa shape index (κ1) is 20.7. The molecule has 0 saturated heterocycles. The van der Waals surface area contributed by atoms with Crippen molar-refractivity contribution in [3.8, 4) is 0 Å². The zero-order valence-corrected chi connectivity index (χ0v) is 15.8. The van der Waals surface area contributed by atoms with Gasteiger partial charge < -0.3 is 15.7 Å². The van der Waals surface area contributed by atoms with Gasteiger partial charge in [-0.25, -0.2) is 4.79 Å². The molecule has 0 bridgehead atoms. The fourth-order valence-electron chi connectivity index (χ4n) is 2.35. The Morgan fingerprint density at radius 2 is 1.59 bits per heavy atom. The van der Waals surface area contributed by atoms with Crippen LogP contribution >= 0.6 is 23.2 Å². The molecule has 8 heteroatoms. The topological polar surface area (TPSA) is 95.5 Å². The summed E-state index contributed by atoms with van der Waals surface area (Å²) in [6.07, 6.45) is 0.743. The van der Waals surface area contributed by atoms with E-state index in [1.807, 2.05) is 30.3 Å². The normalized spacial score (nSPS) is 11.5. The fraction of sp³-hybridized carbons (Fsp3) is 0.211. The number of amides is 2. The standard InChI is InChI=1S/C19H18Cl2N2O4/c20-13-7-4-8-14(21)17(13)18(25)23-15(19(26)27)11-22-16(24)10-9-12-5-2-1-3-6-12/h1-8,15H,9-11H2,(H,22,24)(H,23,25)(H,26,27)/t15-/m0/s1. The number of hydrogen-bond donors (Lipinski definition) is 3. The highest BCUT2D eigenvalue weighted by Gasteiger charge is 2.23. The average Bonchev–Trinajstić information content (AvgIpc) is 2.63. The number of benzene rings is 2. The number of halogens is 2. The third kappa shape index (κ3) is 6.27. The Morgan fingerprint density at radius 3 is 2.19 bits per heavy atom. The molecule has 2 aromatic carbocycles. The highest BCUT2D eigenvalue weighted by molar-refractivity contribution is 6.39. The van der Waals surface area contributed by atoms with Gasteiger partial charge in [0.2, 0.25) is 5.91 Å². The van der Waals surface area contributed by atoms with E-state index in [1.165, 1.54) is 12.1 Å². The van der Waals surface area contributed by atoms with Crippen LogP contribution in [0.3, 0.4) is 0 Å².